The van der Waals surface area contributed by atoms with E-state index >= 15 is 0 Å². The number of amides is 2. The molecule has 1 aliphatic heterocycles. The fourth-order valence-electron chi connectivity index (χ4n) is 3.38. The summed E-state index contributed by atoms with van der Waals surface area (Å²) in [6.45, 7) is 2.66. The minimum atomic E-state index is -0.0678. The molecule has 0 fully saturated rings. The van der Waals surface area contributed by atoms with Gasteiger partial charge in [0, 0.05) is 31.3 Å². The third-order valence-corrected chi connectivity index (χ3v) is 4.82. The molecular formula is C20H22N4O2. The Hall–Kier alpha value is -2.86. The Labute approximate surface area is 152 Å². The van der Waals surface area contributed by atoms with Gasteiger partial charge in [-0.25, -0.2) is 4.79 Å². The molecule has 26 heavy (non-hydrogen) atoms. The minimum absolute atomic E-state index is 0.0678. The number of anilines is 1. The second kappa shape index (κ2) is 7.17. The molecule has 0 unspecified atom stereocenters. The fraction of sp³-hybridized carbons (Fsp3) is 0.300. The summed E-state index contributed by atoms with van der Waals surface area (Å²) < 4.78 is 7.02. The van der Waals surface area contributed by atoms with Crippen molar-refractivity contribution < 1.29 is 9.53 Å². The standard InChI is InChI=1S/C20H22N4O2/c1-26-11-10-24-19-12-18(7-6-16(19)13-21-24)22-20(25)23-9-8-15-4-2-3-5-17(15)14-23/h2-7,12-13H,8-11,14H2,1H3,(H,22,25). The van der Waals surface area contributed by atoms with Crippen molar-refractivity contribution in [2.45, 2.75) is 19.5 Å². The lowest BCUT2D eigenvalue weighted by Gasteiger charge is -2.29. The molecule has 0 radical (unpaired) electrons. The largest absolute Gasteiger partial charge is 0.383 e. The first-order valence-electron chi connectivity index (χ1n) is 8.82. The summed E-state index contributed by atoms with van der Waals surface area (Å²) in [6, 6.07) is 14.1. The second-order valence-electron chi connectivity index (χ2n) is 6.50. The lowest BCUT2D eigenvalue weighted by Crippen LogP contribution is -2.38. The summed E-state index contributed by atoms with van der Waals surface area (Å²) in [5.74, 6) is 0. The quantitative estimate of drug-likeness (QED) is 0.786. The van der Waals surface area contributed by atoms with Crippen LogP contribution < -0.4 is 5.32 Å². The third kappa shape index (κ3) is 3.28. The molecule has 1 aliphatic rings. The number of methoxy groups -OCH3 is 1. The summed E-state index contributed by atoms with van der Waals surface area (Å²) in [6.07, 6.45) is 2.73. The highest BCUT2D eigenvalue weighted by Gasteiger charge is 2.20. The maximum Gasteiger partial charge on any atom is 0.322 e. The van der Waals surface area contributed by atoms with Crippen LogP contribution in [0, 0.1) is 0 Å². The molecule has 0 aliphatic carbocycles. The van der Waals surface area contributed by atoms with Crippen molar-refractivity contribution in [2.75, 3.05) is 25.6 Å². The fourth-order valence-corrected chi connectivity index (χ4v) is 3.38. The van der Waals surface area contributed by atoms with E-state index in [1.807, 2.05) is 40.0 Å². The topological polar surface area (TPSA) is 59.4 Å². The molecule has 6 nitrogen and oxygen atoms in total. The molecule has 0 saturated carbocycles. The van der Waals surface area contributed by atoms with E-state index in [1.54, 1.807) is 7.11 Å². The van der Waals surface area contributed by atoms with Gasteiger partial charge in [-0.2, -0.15) is 5.10 Å². The molecule has 1 N–H and O–H groups in total. The zero-order valence-corrected chi connectivity index (χ0v) is 14.8. The predicted molar refractivity (Wildman–Crippen MR) is 101 cm³/mol. The molecule has 1 aromatic heterocycles. The number of benzene rings is 2. The first-order valence-corrected chi connectivity index (χ1v) is 8.82. The molecule has 4 rings (SSSR count). The summed E-state index contributed by atoms with van der Waals surface area (Å²) in [7, 11) is 1.67. The SMILES string of the molecule is COCCn1ncc2ccc(NC(=O)N3CCc4ccccc4C3)cc21. The van der Waals surface area contributed by atoms with Crippen LogP contribution in [0.1, 0.15) is 11.1 Å². The van der Waals surface area contributed by atoms with Crippen LogP contribution in [0.2, 0.25) is 0 Å². The van der Waals surface area contributed by atoms with Crippen LogP contribution in [0.5, 0.6) is 0 Å². The van der Waals surface area contributed by atoms with E-state index in [1.165, 1.54) is 11.1 Å². The van der Waals surface area contributed by atoms with E-state index in [4.69, 9.17) is 4.74 Å². The number of carbonyl (C=O) groups is 1. The van der Waals surface area contributed by atoms with Gasteiger partial charge in [0.2, 0.25) is 0 Å². The molecule has 0 bridgehead atoms. The molecule has 2 heterocycles. The number of hydrogen-bond donors (Lipinski definition) is 1. The van der Waals surface area contributed by atoms with Gasteiger partial charge < -0.3 is 15.0 Å². The van der Waals surface area contributed by atoms with E-state index in [-0.39, 0.29) is 6.03 Å². The molecule has 0 saturated heterocycles. The number of aromatic nitrogens is 2. The normalized spacial score (nSPS) is 13.7. The predicted octanol–water partition coefficient (Wildman–Crippen LogP) is 3.27. The minimum Gasteiger partial charge on any atom is -0.383 e. The summed E-state index contributed by atoms with van der Waals surface area (Å²) in [4.78, 5) is 14.5. The number of rotatable bonds is 4. The van der Waals surface area contributed by atoms with Crippen LogP contribution in [0.4, 0.5) is 10.5 Å². The maximum atomic E-state index is 12.7. The number of nitrogens with one attached hydrogen (secondary N) is 1. The molecule has 134 valence electrons. The van der Waals surface area contributed by atoms with Crippen molar-refractivity contribution in [1.29, 1.82) is 0 Å². The summed E-state index contributed by atoms with van der Waals surface area (Å²) in [5.41, 5.74) is 4.33. The Bertz CT molecular complexity index is 934. The Morgan fingerprint density at radius 1 is 1.23 bits per heavy atom. The van der Waals surface area contributed by atoms with Gasteiger partial charge in [-0.1, -0.05) is 24.3 Å². The number of urea groups is 1. The van der Waals surface area contributed by atoms with Crippen molar-refractivity contribution in [3.8, 4) is 0 Å². The number of nitrogens with zero attached hydrogens (tertiary/aromatic N) is 3. The average Bonchev–Trinajstić information content (AvgIpc) is 3.08. The molecule has 3 aromatic rings. The number of ether oxygens (including phenoxy) is 1. The van der Waals surface area contributed by atoms with Crippen LogP contribution in [0.15, 0.2) is 48.7 Å². The summed E-state index contributed by atoms with van der Waals surface area (Å²) >= 11 is 0. The van der Waals surface area contributed by atoms with E-state index in [9.17, 15) is 4.79 Å². The van der Waals surface area contributed by atoms with Gasteiger partial charge in [0.15, 0.2) is 0 Å². The van der Waals surface area contributed by atoms with Crippen LogP contribution in [-0.4, -0.2) is 41.0 Å². The van der Waals surface area contributed by atoms with Crippen molar-refractivity contribution >= 4 is 22.6 Å². The van der Waals surface area contributed by atoms with E-state index in [0.29, 0.717) is 19.7 Å². The molecule has 2 amide bonds. The maximum absolute atomic E-state index is 12.7. The molecular weight excluding hydrogens is 328 g/mol. The van der Waals surface area contributed by atoms with E-state index < -0.39 is 0 Å². The highest BCUT2D eigenvalue weighted by molar-refractivity contribution is 5.92. The van der Waals surface area contributed by atoms with Gasteiger partial charge in [0.25, 0.3) is 0 Å². The first-order chi connectivity index (χ1) is 12.7. The van der Waals surface area contributed by atoms with Crippen molar-refractivity contribution in [1.82, 2.24) is 14.7 Å². The van der Waals surface area contributed by atoms with Gasteiger partial charge in [0.1, 0.15) is 0 Å². The third-order valence-electron chi connectivity index (χ3n) is 4.82. The van der Waals surface area contributed by atoms with Gasteiger partial charge in [-0.05, 0) is 35.7 Å². The monoisotopic (exact) mass is 350 g/mol. The molecule has 0 spiro atoms. The number of carbonyl (C=O) groups excluding carboxylic acids is 1. The van der Waals surface area contributed by atoms with Crippen molar-refractivity contribution in [3.05, 3.63) is 59.8 Å². The molecule has 2 aromatic carbocycles. The highest BCUT2D eigenvalue weighted by Crippen LogP contribution is 2.22. The van der Waals surface area contributed by atoms with Crippen LogP contribution in [0.3, 0.4) is 0 Å². The lowest BCUT2D eigenvalue weighted by molar-refractivity contribution is 0.185. The van der Waals surface area contributed by atoms with Crippen LogP contribution >= 0.6 is 0 Å². The zero-order valence-electron chi connectivity index (χ0n) is 14.8. The van der Waals surface area contributed by atoms with Gasteiger partial charge in [0.05, 0.1) is 24.9 Å². The molecule has 6 heteroatoms. The van der Waals surface area contributed by atoms with E-state index in [2.05, 4.69) is 28.6 Å². The Kier molecular flexibility index (Phi) is 4.58. The average molecular weight is 350 g/mol. The lowest BCUT2D eigenvalue weighted by atomic mass is 10.0. The highest BCUT2D eigenvalue weighted by atomic mass is 16.5. The van der Waals surface area contributed by atoms with Gasteiger partial charge in [-0.3, -0.25) is 4.68 Å². The van der Waals surface area contributed by atoms with Crippen LogP contribution in [0.25, 0.3) is 10.9 Å². The zero-order chi connectivity index (χ0) is 17.9. The van der Waals surface area contributed by atoms with Crippen LogP contribution in [-0.2, 0) is 24.2 Å². The number of hydrogen-bond acceptors (Lipinski definition) is 3. The Morgan fingerprint density at radius 2 is 2.08 bits per heavy atom. The second-order valence-corrected chi connectivity index (χ2v) is 6.50. The van der Waals surface area contributed by atoms with E-state index in [0.717, 1.165) is 29.6 Å². The Morgan fingerprint density at radius 3 is 2.92 bits per heavy atom. The van der Waals surface area contributed by atoms with Gasteiger partial charge >= 0.3 is 6.03 Å². The number of fused-ring (bicyclic) bond motifs is 2. The van der Waals surface area contributed by atoms with Gasteiger partial charge in [-0.15, -0.1) is 0 Å². The molecule has 0 atom stereocenters. The van der Waals surface area contributed by atoms with Crippen molar-refractivity contribution in [3.63, 3.8) is 0 Å². The first kappa shape index (κ1) is 16.6. The smallest absolute Gasteiger partial charge is 0.322 e. The van der Waals surface area contributed by atoms with Crippen molar-refractivity contribution in [2.24, 2.45) is 0 Å². The Balaban J connectivity index is 1.49. The summed E-state index contributed by atoms with van der Waals surface area (Å²) in [5, 5.41) is 8.45.